The van der Waals surface area contributed by atoms with Crippen molar-refractivity contribution in [3.05, 3.63) is 35.5 Å². The Balaban J connectivity index is 1.72. The SMILES string of the molecule is C=C1C(=C/C=C2\CCC[C@]3(C)[C@@H]([C@H](C)CC[C@@H](O)C(C)C)CC[C@@H]23)C[C@H](O)C[C@H]1O. The molecular weight excluding hydrogens is 372 g/mol. The maximum atomic E-state index is 10.3. The molecule has 0 unspecified atom stereocenters. The number of allylic oxidation sites excluding steroid dienone is 3. The summed E-state index contributed by atoms with van der Waals surface area (Å²) in [5.41, 5.74) is 3.69. The molecule has 3 aliphatic rings. The molecule has 0 amide bonds. The fraction of sp³-hybridized carbons (Fsp3) is 0.778. The van der Waals surface area contributed by atoms with Gasteiger partial charge in [0, 0.05) is 6.42 Å². The van der Waals surface area contributed by atoms with Crippen LogP contribution in [-0.4, -0.2) is 33.6 Å². The number of aliphatic hydroxyl groups excluding tert-OH is 3. The number of hydrogen-bond donors (Lipinski definition) is 3. The number of rotatable bonds is 6. The van der Waals surface area contributed by atoms with Crippen molar-refractivity contribution in [1.82, 2.24) is 0 Å². The summed E-state index contributed by atoms with van der Waals surface area (Å²) in [5.74, 6) is 2.35. The Morgan fingerprint density at radius 1 is 1.13 bits per heavy atom. The summed E-state index contributed by atoms with van der Waals surface area (Å²) in [4.78, 5) is 0. The molecule has 0 radical (unpaired) electrons. The standard InChI is InChI=1S/C27H44O3/c1-17(2)25(29)13-8-18(3)23-11-12-24-20(7-6-14-27(23,24)5)9-10-21-15-22(28)16-26(30)19(21)4/h9-10,17-18,22-26,28-30H,4,6-8,11-16H2,1-3,5H3/b20-9+,21-10?/t18-,22+,23-,24+,25-,26-,27-/m1/s1. The van der Waals surface area contributed by atoms with Crippen molar-refractivity contribution >= 4 is 0 Å². The third-order valence-corrected chi connectivity index (χ3v) is 8.68. The molecule has 3 N–H and O–H groups in total. The number of hydrogen-bond acceptors (Lipinski definition) is 3. The van der Waals surface area contributed by atoms with Gasteiger partial charge in [-0.05, 0) is 91.6 Å². The molecule has 3 rings (SSSR count). The molecule has 0 aliphatic heterocycles. The van der Waals surface area contributed by atoms with Gasteiger partial charge in [0.05, 0.1) is 18.3 Å². The Kier molecular flexibility index (Phi) is 7.69. The Bertz CT molecular complexity index is 676. The van der Waals surface area contributed by atoms with E-state index >= 15 is 0 Å². The van der Waals surface area contributed by atoms with E-state index in [0.29, 0.717) is 36.0 Å². The van der Waals surface area contributed by atoms with Gasteiger partial charge in [-0.1, -0.05) is 52.0 Å². The lowest BCUT2D eigenvalue weighted by Gasteiger charge is -2.44. The Hall–Kier alpha value is -0.900. The van der Waals surface area contributed by atoms with E-state index in [1.54, 1.807) is 5.57 Å². The van der Waals surface area contributed by atoms with E-state index in [1.165, 1.54) is 25.7 Å². The van der Waals surface area contributed by atoms with Crippen molar-refractivity contribution in [3.8, 4) is 0 Å². The quantitative estimate of drug-likeness (QED) is 0.531. The lowest BCUT2D eigenvalue weighted by Crippen LogP contribution is -2.36. The molecule has 3 aliphatic carbocycles. The van der Waals surface area contributed by atoms with Gasteiger partial charge in [-0.3, -0.25) is 0 Å². The van der Waals surface area contributed by atoms with E-state index < -0.39 is 12.2 Å². The molecule has 0 aromatic carbocycles. The van der Waals surface area contributed by atoms with Crippen molar-refractivity contribution in [3.63, 3.8) is 0 Å². The molecule has 3 heteroatoms. The van der Waals surface area contributed by atoms with Crippen LogP contribution in [0.15, 0.2) is 35.5 Å². The van der Waals surface area contributed by atoms with Crippen LogP contribution in [0.4, 0.5) is 0 Å². The van der Waals surface area contributed by atoms with Crippen molar-refractivity contribution in [2.45, 2.75) is 104 Å². The second-order valence-electron chi connectivity index (χ2n) is 11.0. The van der Waals surface area contributed by atoms with Gasteiger partial charge in [0.2, 0.25) is 0 Å². The first-order chi connectivity index (χ1) is 14.1. The molecule has 3 saturated carbocycles. The van der Waals surface area contributed by atoms with E-state index in [1.807, 2.05) is 0 Å². The second kappa shape index (κ2) is 9.71. The Morgan fingerprint density at radius 3 is 2.57 bits per heavy atom. The van der Waals surface area contributed by atoms with Gasteiger partial charge >= 0.3 is 0 Å². The summed E-state index contributed by atoms with van der Waals surface area (Å²) in [6.45, 7) is 13.2. The summed E-state index contributed by atoms with van der Waals surface area (Å²) >= 11 is 0. The first kappa shape index (κ1) is 23.8. The van der Waals surface area contributed by atoms with Gasteiger partial charge in [0.25, 0.3) is 0 Å². The van der Waals surface area contributed by atoms with Crippen molar-refractivity contribution in [2.24, 2.45) is 29.1 Å². The highest BCUT2D eigenvalue weighted by atomic mass is 16.3. The highest BCUT2D eigenvalue weighted by Crippen LogP contribution is 2.60. The molecule has 3 nitrogen and oxygen atoms in total. The maximum absolute atomic E-state index is 10.3. The van der Waals surface area contributed by atoms with Gasteiger partial charge in [-0.2, -0.15) is 0 Å². The number of aliphatic hydroxyl groups is 3. The average molecular weight is 417 g/mol. The van der Waals surface area contributed by atoms with E-state index in [4.69, 9.17) is 0 Å². The minimum absolute atomic E-state index is 0.180. The van der Waals surface area contributed by atoms with E-state index in [9.17, 15) is 15.3 Å². The minimum atomic E-state index is -0.618. The zero-order valence-corrected chi connectivity index (χ0v) is 19.6. The van der Waals surface area contributed by atoms with E-state index in [2.05, 4.69) is 46.4 Å². The summed E-state index contributed by atoms with van der Waals surface area (Å²) in [6, 6.07) is 0. The average Bonchev–Trinajstić information content (AvgIpc) is 3.04. The van der Waals surface area contributed by atoms with Gasteiger partial charge in [0.1, 0.15) is 0 Å². The van der Waals surface area contributed by atoms with Crippen LogP contribution in [0.2, 0.25) is 0 Å². The topological polar surface area (TPSA) is 60.7 Å². The van der Waals surface area contributed by atoms with Crippen LogP contribution in [0, 0.1) is 29.1 Å². The van der Waals surface area contributed by atoms with Crippen molar-refractivity contribution in [1.29, 1.82) is 0 Å². The second-order valence-corrected chi connectivity index (χ2v) is 11.0. The Morgan fingerprint density at radius 2 is 1.87 bits per heavy atom. The predicted octanol–water partition coefficient (Wildman–Crippen LogP) is 5.56. The molecule has 0 heterocycles. The summed E-state index contributed by atoms with van der Waals surface area (Å²) < 4.78 is 0. The van der Waals surface area contributed by atoms with Crippen LogP contribution in [-0.2, 0) is 0 Å². The molecule has 0 bridgehead atoms. The fourth-order valence-corrected chi connectivity index (χ4v) is 6.65. The zero-order chi connectivity index (χ0) is 22.1. The van der Waals surface area contributed by atoms with Crippen molar-refractivity contribution in [2.75, 3.05) is 0 Å². The van der Waals surface area contributed by atoms with Crippen LogP contribution in [0.25, 0.3) is 0 Å². The molecular formula is C27H44O3. The molecule has 0 aromatic rings. The predicted molar refractivity (Wildman–Crippen MR) is 124 cm³/mol. The monoisotopic (exact) mass is 416 g/mol. The minimum Gasteiger partial charge on any atom is -0.393 e. The van der Waals surface area contributed by atoms with Crippen LogP contribution >= 0.6 is 0 Å². The normalized spacial score (nSPS) is 39.5. The van der Waals surface area contributed by atoms with Crippen LogP contribution in [0.3, 0.4) is 0 Å². The van der Waals surface area contributed by atoms with E-state index in [-0.39, 0.29) is 6.10 Å². The molecule has 0 aromatic heterocycles. The summed E-state index contributed by atoms with van der Waals surface area (Å²) in [6.07, 6.45) is 12.4. The molecule has 3 fully saturated rings. The highest BCUT2D eigenvalue weighted by Gasteiger charge is 2.50. The van der Waals surface area contributed by atoms with Gasteiger partial charge in [0.15, 0.2) is 0 Å². The van der Waals surface area contributed by atoms with E-state index in [0.717, 1.165) is 36.3 Å². The number of fused-ring (bicyclic) bond motifs is 1. The summed E-state index contributed by atoms with van der Waals surface area (Å²) in [7, 11) is 0. The molecule has 0 saturated heterocycles. The van der Waals surface area contributed by atoms with Gasteiger partial charge in [-0.15, -0.1) is 0 Å². The largest absolute Gasteiger partial charge is 0.393 e. The maximum Gasteiger partial charge on any atom is 0.0811 e. The lowest BCUT2D eigenvalue weighted by molar-refractivity contribution is 0.0717. The first-order valence-corrected chi connectivity index (χ1v) is 12.3. The van der Waals surface area contributed by atoms with Crippen LogP contribution in [0.1, 0.15) is 85.5 Å². The summed E-state index contributed by atoms with van der Waals surface area (Å²) in [5, 5.41) is 30.4. The first-order valence-electron chi connectivity index (χ1n) is 12.3. The van der Waals surface area contributed by atoms with Crippen LogP contribution < -0.4 is 0 Å². The molecule has 170 valence electrons. The lowest BCUT2D eigenvalue weighted by atomic mass is 9.60. The van der Waals surface area contributed by atoms with Gasteiger partial charge < -0.3 is 15.3 Å². The molecule has 30 heavy (non-hydrogen) atoms. The van der Waals surface area contributed by atoms with Crippen molar-refractivity contribution < 1.29 is 15.3 Å². The third kappa shape index (κ3) is 4.95. The highest BCUT2D eigenvalue weighted by molar-refractivity contribution is 5.38. The molecule has 7 atom stereocenters. The van der Waals surface area contributed by atoms with Crippen LogP contribution in [0.5, 0.6) is 0 Å². The Labute approximate surface area is 184 Å². The smallest absolute Gasteiger partial charge is 0.0811 e. The van der Waals surface area contributed by atoms with Gasteiger partial charge in [-0.25, -0.2) is 0 Å². The zero-order valence-electron chi connectivity index (χ0n) is 19.6. The third-order valence-electron chi connectivity index (χ3n) is 8.68. The molecule has 0 spiro atoms. The fourth-order valence-electron chi connectivity index (χ4n) is 6.65.